The number of nitrogens with one attached hydrogen (secondary N) is 2. The van der Waals surface area contributed by atoms with Gasteiger partial charge in [-0.1, -0.05) is 52.3 Å². The van der Waals surface area contributed by atoms with Gasteiger partial charge in [0.25, 0.3) is 11.8 Å². The van der Waals surface area contributed by atoms with E-state index in [0.29, 0.717) is 21.3 Å². The Morgan fingerprint density at radius 1 is 0.821 bits per heavy atom. The molecule has 0 fully saturated rings. The van der Waals surface area contributed by atoms with E-state index in [4.69, 9.17) is 0 Å². The van der Waals surface area contributed by atoms with Gasteiger partial charge in [0, 0.05) is 8.95 Å². The molecule has 0 saturated heterocycles. The van der Waals surface area contributed by atoms with Gasteiger partial charge in [-0.25, -0.2) is 5.43 Å². The van der Waals surface area contributed by atoms with Crippen LogP contribution >= 0.6 is 31.9 Å². The standard InChI is InChI=1S/C21H15Br2N3O2/c22-15-7-5-6-14(12-15)13-24-26-21(28)17-9-2-4-11-19(17)25-20(27)16-8-1-3-10-18(16)23/h1-13H,(H,25,27)(H,26,28)/b24-13+. The molecule has 140 valence electrons. The van der Waals surface area contributed by atoms with Gasteiger partial charge in [-0.2, -0.15) is 5.10 Å². The molecule has 0 saturated carbocycles. The van der Waals surface area contributed by atoms with Crippen LogP contribution in [-0.2, 0) is 0 Å². The van der Waals surface area contributed by atoms with E-state index in [1.54, 1.807) is 48.7 Å². The fourth-order valence-corrected chi connectivity index (χ4v) is 3.32. The molecule has 28 heavy (non-hydrogen) atoms. The number of para-hydroxylation sites is 1. The Bertz CT molecular complexity index is 1050. The first-order valence-corrected chi connectivity index (χ1v) is 9.87. The van der Waals surface area contributed by atoms with Crippen LogP contribution in [0.5, 0.6) is 0 Å². The summed E-state index contributed by atoms with van der Waals surface area (Å²) in [7, 11) is 0. The van der Waals surface area contributed by atoms with Gasteiger partial charge in [0.1, 0.15) is 0 Å². The van der Waals surface area contributed by atoms with Gasteiger partial charge in [0.05, 0.1) is 23.0 Å². The molecule has 0 bridgehead atoms. The predicted octanol–water partition coefficient (Wildman–Crippen LogP) is 5.23. The lowest BCUT2D eigenvalue weighted by Gasteiger charge is -2.10. The smallest absolute Gasteiger partial charge is 0.273 e. The van der Waals surface area contributed by atoms with Crippen molar-refractivity contribution in [3.05, 3.63) is 98.4 Å². The number of hydrazone groups is 1. The second-order valence-electron chi connectivity index (χ2n) is 5.73. The molecule has 3 aromatic carbocycles. The first kappa shape index (κ1) is 20.0. The molecular weight excluding hydrogens is 486 g/mol. The van der Waals surface area contributed by atoms with E-state index in [9.17, 15) is 9.59 Å². The maximum Gasteiger partial charge on any atom is 0.273 e. The quantitative estimate of drug-likeness (QED) is 0.372. The normalized spacial score (nSPS) is 10.6. The highest BCUT2D eigenvalue weighted by Crippen LogP contribution is 2.20. The van der Waals surface area contributed by atoms with Crippen LogP contribution in [0.4, 0.5) is 5.69 Å². The molecular formula is C21H15Br2N3O2. The molecule has 0 heterocycles. The van der Waals surface area contributed by atoms with Gasteiger partial charge >= 0.3 is 0 Å². The van der Waals surface area contributed by atoms with Gasteiger partial charge in [0.15, 0.2) is 0 Å². The Kier molecular flexibility index (Phi) is 6.73. The van der Waals surface area contributed by atoms with E-state index in [0.717, 1.165) is 10.0 Å². The number of nitrogens with zero attached hydrogens (tertiary/aromatic N) is 1. The van der Waals surface area contributed by atoms with E-state index < -0.39 is 5.91 Å². The fourth-order valence-electron chi connectivity index (χ4n) is 2.44. The summed E-state index contributed by atoms with van der Waals surface area (Å²) < 4.78 is 1.59. The second kappa shape index (κ2) is 9.43. The minimum Gasteiger partial charge on any atom is -0.321 e. The number of carbonyl (C=O) groups is 2. The number of benzene rings is 3. The topological polar surface area (TPSA) is 70.6 Å². The van der Waals surface area contributed by atoms with E-state index in [2.05, 4.69) is 47.7 Å². The highest BCUT2D eigenvalue weighted by Gasteiger charge is 2.15. The highest BCUT2D eigenvalue weighted by atomic mass is 79.9. The van der Waals surface area contributed by atoms with Crippen LogP contribution in [0.3, 0.4) is 0 Å². The number of anilines is 1. The Morgan fingerprint density at radius 2 is 1.54 bits per heavy atom. The third kappa shape index (κ3) is 5.15. The molecule has 0 radical (unpaired) electrons. The minimum absolute atomic E-state index is 0.314. The Balaban J connectivity index is 1.73. The summed E-state index contributed by atoms with van der Waals surface area (Å²) in [4.78, 5) is 25.0. The zero-order valence-corrected chi connectivity index (χ0v) is 17.7. The summed E-state index contributed by atoms with van der Waals surface area (Å²) >= 11 is 6.74. The Hall–Kier alpha value is -2.77. The summed E-state index contributed by atoms with van der Waals surface area (Å²) in [6.45, 7) is 0. The molecule has 0 spiro atoms. The van der Waals surface area contributed by atoms with E-state index in [1.165, 1.54) is 0 Å². The monoisotopic (exact) mass is 499 g/mol. The van der Waals surface area contributed by atoms with Gasteiger partial charge in [-0.15, -0.1) is 0 Å². The molecule has 0 unspecified atom stereocenters. The molecule has 7 heteroatoms. The average molecular weight is 501 g/mol. The zero-order chi connectivity index (χ0) is 19.9. The molecule has 3 rings (SSSR count). The third-order valence-corrected chi connectivity index (χ3v) is 4.95. The molecule has 3 aromatic rings. The number of hydrogen-bond acceptors (Lipinski definition) is 3. The number of carbonyl (C=O) groups excluding carboxylic acids is 2. The minimum atomic E-state index is -0.422. The Morgan fingerprint density at radius 3 is 2.29 bits per heavy atom. The Labute approximate surface area is 179 Å². The van der Waals surface area contributed by atoms with E-state index >= 15 is 0 Å². The molecule has 0 aromatic heterocycles. The van der Waals surface area contributed by atoms with Crippen LogP contribution in [0.1, 0.15) is 26.3 Å². The zero-order valence-electron chi connectivity index (χ0n) is 14.5. The molecule has 2 amide bonds. The summed E-state index contributed by atoms with van der Waals surface area (Å²) in [6, 6.07) is 21.4. The second-order valence-corrected chi connectivity index (χ2v) is 7.50. The van der Waals surface area contributed by atoms with Crippen LogP contribution in [0.2, 0.25) is 0 Å². The van der Waals surface area contributed by atoms with Crippen molar-refractivity contribution in [2.24, 2.45) is 5.10 Å². The van der Waals surface area contributed by atoms with Crippen molar-refractivity contribution in [3.8, 4) is 0 Å². The van der Waals surface area contributed by atoms with Crippen molar-refractivity contribution >= 4 is 55.6 Å². The molecule has 0 aliphatic heterocycles. The van der Waals surface area contributed by atoms with Crippen LogP contribution in [-0.4, -0.2) is 18.0 Å². The van der Waals surface area contributed by atoms with Crippen molar-refractivity contribution in [2.75, 3.05) is 5.32 Å². The van der Waals surface area contributed by atoms with Crippen LogP contribution in [0, 0.1) is 0 Å². The van der Waals surface area contributed by atoms with Crippen molar-refractivity contribution < 1.29 is 9.59 Å². The van der Waals surface area contributed by atoms with Crippen LogP contribution < -0.4 is 10.7 Å². The first-order valence-electron chi connectivity index (χ1n) is 8.28. The molecule has 5 nitrogen and oxygen atoms in total. The van der Waals surface area contributed by atoms with Crippen molar-refractivity contribution in [3.63, 3.8) is 0 Å². The number of hydrogen-bond donors (Lipinski definition) is 2. The number of rotatable bonds is 5. The summed E-state index contributed by atoms with van der Waals surface area (Å²) in [6.07, 6.45) is 1.55. The van der Waals surface area contributed by atoms with Gasteiger partial charge in [-0.3, -0.25) is 9.59 Å². The average Bonchev–Trinajstić information content (AvgIpc) is 2.68. The number of halogens is 2. The van der Waals surface area contributed by atoms with Gasteiger partial charge in [0.2, 0.25) is 0 Å². The van der Waals surface area contributed by atoms with E-state index in [-0.39, 0.29) is 5.91 Å². The third-order valence-electron chi connectivity index (χ3n) is 3.77. The van der Waals surface area contributed by atoms with Crippen molar-refractivity contribution in [1.29, 1.82) is 0 Å². The lowest BCUT2D eigenvalue weighted by Crippen LogP contribution is -2.21. The van der Waals surface area contributed by atoms with Gasteiger partial charge in [-0.05, 0) is 57.9 Å². The first-order chi connectivity index (χ1) is 13.5. The molecule has 0 atom stereocenters. The molecule has 0 aliphatic rings. The maximum atomic E-state index is 12.5. The molecule has 0 aliphatic carbocycles. The summed E-state index contributed by atoms with van der Waals surface area (Å²) in [5.41, 5.74) is 4.52. The van der Waals surface area contributed by atoms with Gasteiger partial charge < -0.3 is 5.32 Å². The van der Waals surface area contributed by atoms with E-state index in [1.807, 2.05) is 30.3 Å². The summed E-state index contributed by atoms with van der Waals surface area (Å²) in [5, 5.41) is 6.76. The van der Waals surface area contributed by atoms with Crippen LogP contribution in [0.25, 0.3) is 0 Å². The largest absolute Gasteiger partial charge is 0.321 e. The van der Waals surface area contributed by atoms with Crippen molar-refractivity contribution in [2.45, 2.75) is 0 Å². The predicted molar refractivity (Wildman–Crippen MR) is 118 cm³/mol. The highest BCUT2D eigenvalue weighted by molar-refractivity contribution is 9.10. The van der Waals surface area contributed by atoms with Crippen LogP contribution in [0.15, 0.2) is 86.8 Å². The number of amides is 2. The lowest BCUT2D eigenvalue weighted by atomic mass is 10.1. The lowest BCUT2D eigenvalue weighted by molar-refractivity contribution is 0.0956. The summed E-state index contributed by atoms with van der Waals surface area (Å²) in [5.74, 6) is -0.736. The van der Waals surface area contributed by atoms with Crippen molar-refractivity contribution in [1.82, 2.24) is 5.43 Å². The molecule has 2 N–H and O–H groups in total. The fraction of sp³-hybridized carbons (Fsp3) is 0. The maximum absolute atomic E-state index is 12.5. The SMILES string of the molecule is O=C(Nc1ccccc1C(=O)N/N=C/c1cccc(Br)c1)c1ccccc1Br.